The van der Waals surface area contributed by atoms with Crippen LogP contribution in [0.15, 0.2) is 59.8 Å². The fourth-order valence-electron chi connectivity index (χ4n) is 4.58. The highest BCUT2D eigenvalue weighted by Crippen LogP contribution is 2.31. The van der Waals surface area contributed by atoms with Crippen LogP contribution < -0.4 is 15.4 Å². The van der Waals surface area contributed by atoms with Crippen LogP contribution in [0.2, 0.25) is 0 Å². The third-order valence-electron chi connectivity index (χ3n) is 6.76. The van der Waals surface area contributed by atoms with Crippen molar-refractivity contribution in [1.29, 1.82) is 0 Å². The normalized spacial score (nSPS) is 14.2. The lowest BCUT2D eigenvalue weighted by Gasteiger charge is -2.32. The van der Waals surface area contributed by atoms with Crippen molar-refractivity contribution >= 4 is 33.2 Å². The van der Waals surface area contributed by atoms with Gasteiger partial charge < -0.3 is 15.5 Å². The number of anilines is 2. The molecule has 40 heavy (non-hydrogen) atoms. The molecule has 4 rings (SSSR count). The van der Waals surface area contributed by atoms with Crippen molar-refractivity contribution in [2.24, 2.45) is 0 Å². The summed E-state index contributed by atoms with van der Waals surface area (Å²) in [5.41, 5.74) is 2.36. The Morgan fingerprint density at radius 2 is 1.68 bits per heavy atom. The topological polar surface area (TPSA) is 120 Å². The van der Waals surface area contributed by atoms with Gasteiger partial charge in [0.1, 0.15) is 11.6 Å². The van der Waals surface area contributed by atoms with Crippen molar-refractivity contribution in [2.45, 2.75) is 37.6 Å². The van der Waals surface area contributed by atoms with Crippen molar-refractivity contribution in [3.8, 4) is 0 Å². The van der Waals surface area contributed by atoms with E-state index in [2.05, 4.69) is 20.3 Å². The van der Waals surface area contributed by atoms with Gasteiger partial charge in [-0.15, -0.1) is 0 Å². The Bertz CT molecular complexity index is 1490. The lowest BCUT2D eigenvalue weighted by Crippen LogP contribution is -2.38. The van der Waals surface area contributed by atoms with Crippen molar-refractivity contribution in [2.75, 3.05) is 31.5 Å². The molecule has 1 aromatic heterocycles. The van der Waals surface area contributed by atoms with E-state index in [1.54, 1.807) is 30.9 Å². The summed E-state index contributed by atoms with van der Waals surface area (Å²) in [5.74, 6) is -1.39. The second-order valence-electron chi connectivity index (χ2n) is 9.55. The number of aromatic nitrogens is 1. The first kappa shape index (κ1) is 29.1. The Morgan fingerprint density at radius 3 is 2.33 bits per heavy atom. The highest BCUT2D eigenvalue weighted by atomic mass is 32.2. The van der Waals surface area contributed by atoms with Crippen LogP contribution in [0.3, 0.4) is 0 Å². The maximum absolute atomic E-state index is 13.7. The number of rotatable bonds is 9. The smallest absolute Gasteiger partial charge is 0.258 e. The molecular formula is C28H31F2N5O4S. The molecule has 12 heteroatoms. The number of carbonyl (C=O) groups excluding carboxylic acids is 2. The van der Waals surface area contributed by atoms with Gasteiger partial charge in [0.25, 0.3) is 15.9 Å². The minimum Gasteiger partial charge on any atom is -0.355 e. The van der Waals surface area contributed by atoms with E-state index in [0.29, 0.717) is 43.7 Å². The fourth-order valence-corrected chi connectivity index (χ4v) is 5.52. The summed E-state index contributed by atoms with van der Waals surface area (Å²) in [7, 11) is -4.19. The molecule has 0 radical (unpaired) electrons. The molecule has 2 heterocycles. The third-order valence-corrected chi connectivity index (χ3v) is 8.06. The SMILES string of the molecule is CCNC(=O)CNS(=O)(=O)c1cc(Nc2ccc(F)cc2C)c(C(=O)N2CCC(c3ccc(F)cc3)CC2)cn1. The van der Waals surface area contributed by atoms with Gasteiger partial charge >= 0.3 is 0 Å². The molecule has 1 aliphatic rings. The average molecular weight is 572 g/mol. The molecule has 9 nitrogen and oxygen atoms in total. The van der Waals surface area contributed by atoms with Crippen LogP contribution in [0.25, 0.3) is 0 Å². The van der Waals surface area contributed by atoms with Crippen LogP contribution in [0, 0.1) is 18.6 Å². The molecule has 0 spiro atoms. The van der Waals surface area contributed by atoms with Gasteiger partial charge in [0.15, 0.2) is 5.03 Å². The number of nitrogens with one attached hydrogen (secondary N) is 3. The number of benzene rings is 2. The summed E-state index contributed by atoms with van der Waals surface area (Å²) in [5, 5.41) is 5.19. The molecule has 1 fully saturated rings. The number of pyridine rings is 1. The van der Waals surface area contributed by atoms with Gasteiger partial charge in [-0.25, -0.2) is 26.9 Å². The predicted octanol–water partition coefficient (Wildman–Crippen LogP) is 3.85. The van der Waals surface area contributed by atoms with E-state index in [1.807, 2.05) is 0 Å². The maximum atomic E-state index is 13.7. The van der Waals surface area contributed by atoms with E-state index < -0.39 is 28.3 Å². The molecule has 212 valence electrons. The fraction of sp³-hybridized carbons (Fsp3) is 0.321. The van der Waals surface area contributed by atoms with E-state index in [-0.39, 0.29) is 33.9 Å². The molecule has 2 amide bonds. The molecule has 3 N–H and O–H groups in total. The van der Waals surface area contributed by atoms with Gasteiger partial charge in [-0.1, -0.05) is 12.1 Å². The number of amides is 2. The van der Waals surface area contributed by atoms with Gasteiger partial charge in [0.05, 0.1) is 17.8 Å². The number of aryl methyl sites for hydroxylation is 1. The average Bonchev–Trinajstić information content (AvgIpc) is 2.94. The summed E-state index contributed by atoms with van der Waals surface area (Å²) >= 11 is 0. The standard InChI is InChI=1S/C28H31F2N5O4S/c1-3-31-26(36)17-33-40(38,39)27-15-25(34-24-9-8-22(30)14-18(24)2)23(16-32-27)28(37)35-12-10-20(11-13-35)19-4-6-21(29)7-5-19/h4-9,14-16,20,33H,3,10-13,17H2,1-2H3,(H,31,36)(H,32,34). The molecule has 0 saturated carbocycles. The highest BCUT2D eigenvalue weighted by molar-refractivity contribution is 7.89. The molecule has 0 atom stereocenters. The van der Waals surface area contributed by atoms with Crippen LogP contribution in [-0.2, 0) is 14.8 Å². The first-order valence-electron chi connectivity index (χ1n) is 12.9. The van der Waals surface area contributed by atoms with Gasteiger partial charge in [0.2, 0.25) is 5.91 Å². The Morgan fingerprint density at radius 1 is 1.00 bits per heavy atom. The summed E-state index contributed by atoms with van der Waals surface area (Å²) in [6.07, 6.45) is 2.55. The number of nitrogens with zero attached hydrogens (tertiary/aromatic N) is 2. The summed E-state index contributed by atoms with van der Waals surface area (Å²) < 4.78 is 55.0. The number of sulfonamides is 1. The second-order valence-corrected chi connectivity index (χ2v) is 11.3. The van der Waals surface area contributed by atoms with Gasteiger partial charge in [-0.2, -0.15) is 0 Å². The number of likely N-dealkylation sites (tertiary alicyclic amines) is 1. The number of piperidine rings is 1. The van der Waals surface area contributed by atoms with E-state index in [0.717, 1.165) is 5.56 Å². The molecule has 0 bridgehead atoms. The Labute approximate surface area is 232 Å². The van der Waals surface area contributed by atoms with Gasteiger partial charge in [-0.05, 0) is 74.1 Å². The summed E-state index contributed by atoms with van der Waals surface area (Å²) in [6.45, 7) is 4.17. The predicted molar refractivity (Wildman–Crippen MR) is 147 cm³/mol. The van der Waals surface area contributed by atoms with Crippen LogP contribution in [0.1, 0.15) is 47.2 Å². The van der Waals surface area contributed by atoms with Crippen molar-refractivity contribution in [3.05, 3.63) is 83.1 Å². The first-order valence-corrected chi connectivity index (χ1v) is 14.4. The molecule has 3 aromatic rings. The quantitative estimate of drug-likeness (QED) is 0.359. The van der Waals surface area contributed by atoms with E-state index in [1.165, 1.54) is 42.6 Å². The van der Waals surface area contributed by atoms with E-state index in [9.17, 15) is 26.8 Å². The van der Waals surface area contributed by atoms with Crippen molar-refractivity contribution < 1.29 is 26.8 Å². The molecule has 1 aliphatic heterocycles. The van der Waals surface area contributed by atoms with Crippen molar-refractivity contribution in [1.82, 2.24) is 19.9 Å². The third kappa shape index (κ3) is 6.99. The zero-order valence-corrected chi connectivity index (χ0v) is 23.0. The Hall–Kier alpha value is -3.90. The molecule has 0 unspecified atom stereocenters. The number of halogens is 2. The molecule has 2 aromatic carbocycles. The monoisotopic (exact) mass is 571 g/mol. The lowest BCUT2D eigenvalue weighted by molar-refractivity contribution is -0.119. The maximum Gasteiger partial charge on any atom is 0.258 e. The van der Waals surface area contributed by atoms with Crippen LogP contribution in [0.5, 0.6) is 0 Å². The minimum absolute atomic E-state index is 0.145. The van der Waals surface area contributed by atoms with Crippen molar-refractivity contribution in [3.63, 3.8) is 0 Å². The molecular weight excluding hydrogens is 540 g/mol. The first-order chi connectivity index (χ1) is 19.1. The number of likely N-dealkylation sites (N-methyl/N-ethyl adjacent to an activating group) is 1. The van der Waals surface area contributed by atoms with Crippen LogP contribution in [0.4, 0.5) is 20.2 Å². The summed E-state index contributed by atoms with van der Waals surface area (Å²) in [4.78, 5) is 31.1. The number of hydrogen-bond acceptors (Lipinski definition) is 6. The van der Waals surface area contributed by atoms with Gasteiger partial charge in [0, 0.05) is 37.6 Å². The van der Waals surface area contributed by atoms with E-state index in [4.69, 9.17) is 0 Å². The highest BCUT2D eigenvalue weighted by Gasteiger charge is 2.28. The lowest BCUT2D eigenvalue weighted by atomic mass is 9.89. The zero-order chi connectivity index (χ0) is 28.9. The largest absolute Gasteiger partial charge is 0.355 e. The Balaban J connectivity index is 1.59. The van der Waals surface area contributed by atoms with Crippen LogP contribution in [-0.4, -0.2) is 56.3 Å². The molecule has 1 saturated heterocycles. The Kier molecular flexibility index (Phi) is 9.10. The number of hydrogen-bond donors (Lipinski definition) is 3. The van der Waals surface area contributed by atoms with E-state index >= 15 is 0 Å². The zero-order valence-electron chi connectivity index (χ0n) is 22.2. The second kappa shape index (κ2) is 12.5. The summed E-state index contributed by atoms with van der Waals surface area (Å²) in [6, 6.07) is 11.7. The molecule has 0 aliphatic carbocycles. The minimum atomic E-state index is -4.19. The van der Waals surface area contributed by atoms with Crippen LogP contribution >= 0.6 is 0 Å². The van der Waals surface area contributed by atoms with Gasteiger partial charge in [-0.3, -0.25) is 9.59 Å². The number of carbonyl (C=O) groups is 2.